The van der Waals surface area contributed by atoms with Crippen molar-refractivity contribution in [3.05, 3.63) is 35.9 Å². The van der Waals surface area contributed by atoms with E-state index in [9.17, 15) is 14.3 Å². The second-order valence-corrected chi connectivity index (χ2v) is 4.91. The van der Waals surface area contributed by atoms with Gasteiger partial charge in [-0.05, 0) is 31.2 Å². The van der Waals surface area contributed by atoms with E-state index in [0.717, 1.165) is 5.56 Å². The Labute approximate surface area is 120 Å². The third-order valence-corrected chi connectivity index (χ3v) is 3.69. The van der Waals surface area contributed by atoms with E-state index in [0.29, 0.717) is 32.1 Å². The van der Waals surface area contributed by atoms with Gasteiger partial charge in [0.15, 0.2) is 0 Å². The maximum atomic E-state index is 13.2. The summed E-state index contributed by atoms with van der Waals surface area (Å²) in [7, 11) is 0. The molecule has 20 heavy (non-hydrogen) atoms. The Morgan fingerprint density at radius 2 is 1.85 bits per heavy atom. The number of rotatable bonds is 4. The van der Waals surface area contributed by atoms with Crippen molar-refractivity contribution in [2.75, 3.05) is 0 Å². The van der Waals surface area contributed by atoms with Crippen LogP contribution in [0.4, 0.5) is 4.39 Å². The van der Waals surface area contributed by atoms with Crippen molar-refractivity contribution < 1.29 is 14.3 Å². The third-order valence-electron chi connectivity index (χ3n) is 3.69. The number of carbonyl (C=O) groups excluding carboxylic acids is 1. The van der Waals surface area contributed by atoms with Crippen LogP contribution in [0.3, 0.4) is 0 Å². The average molecular weight is 281 g/mol. The van der Waals surface area contributed by atoms with Crippen molar-refractivity contribution in [1.29, 1.82) is 0 Å². The van der Waals surface area contributed by atoms with Crippen LogP contribution in [-0.2, 0) is 4.79 Å². The molecular weight excluding hydrogens is 257 g/mol. The van der Waals surface area contributed by atoms with E-state index in [1.807, 2.05) is 44.2 Å². The molecular formula is C16H24FNO2. The summed E-state index contributed by atoms with van der Waals surface area (Å²) in [5.74, 6) is 0. The number of alkyl halides is 1. The summed E-state index contributed by atoms with van der Waals surface area (Å²) in [5, 5.41) is 13.3. The Bertz CT molecular complexity index is 389. The zero-order chi connectivity index (χ0) is 15.0. The predicted molar refractivity (Wildman–Crippen MR) is 78.0 cm³/mol. The van der Waals surface area contributed by atoms with Crippen LogP contribution in [-0.4, -0.2) is 23.3 Å². The highest BCUT2D eigenvalue weighted by atomic mass is 19.1. The Kier molecular flexibility index (Phi) is 6.65. The van der Waals surface area contributed by atoms with E-state index in [4.69, 9.17) is 0 Å². The van der Waals surface area contributed by atoms with E-state index >= 15 is 0 Å². The quantitative estimate of drug-likeness (QED) is 0.833. The van der Waals surface area contributed by atoms with E-state index in [1.54, 1.807) is 0 Å². The van der Waals surface area contributed by atoms with Gasteiger partial charge in [0.05, 0.1) is 11.6 Å². The van der Waals surface area contributed by atoms with E-state index < -0.39 is 17.8 Å². The van der Waals surface area contributed by atoms with Crippen LogP contribution < -0.4 is 5.32 Å². The summed E-state index contributed by atoms with van der Waals surface area (Å²) in [6.07, 6.45) is 1.19. The number of nitrogens with one attached hydrogen (secondary N) is 1. The first-order valence-corrected chi connectivity index (χ1v) is 7.27. The summed E-state index contributed by atoms with van der Waals surface area (Å²) in [6.45, 7) is 4.00. The Hall–Kier alpha value is -1.42. The van der Waals surface area contributed by atoms with Crippen LogP contribution >= 0.6 is 0 Å². The van der Waals surface area contributed by atoms with Gasteiger partial charge in [-0.3, -0.25) is 4.79 Å². The smallest absolute Gasteiger partial charge is 0.207 e. The molecule has 1 saturated carbocycles. The van der Waals surface area contributed by atoms with Crippen LogP contribution in [0, 0.1) is 0 Å². The van der Waals surface area contributed by atoms with Crippen LogP contribution in [0.2, 0.25) is 0 Å². The van der Waals surface area contributed by atoms with E-state index in [-0.39, 0.29) is 0 Å². The van der Waals surface area contributed by atoms with Crippen molar-refractivity contribution in [3.63, 3.8) is 0 Å². The molecule has 4 heteroatoms. The van der Waals surface area contributed by atoms with Crippen molar-refractivity contribution in [3.8, 4) is 0 Å². The first-order chi connectivity index (χ1) is 9.65. The first-order valence-electron chi connectivity index (χ1n) is 7.27. The molecule has 1 fully saturated rings. The van der Waals surface area contributed by atoms with Gasteiger partial charge in [0.25, 0.3) is 0 Å². The molecule has 0 saturated heterocycles. The highest BCUT2D eigenvalue weighted by Gasteiger charge is 2.41. The fraction of sp³-hybridized carbons (Fsp3) is 0.562. The number of amides is 1. The lowest BCUT2D eigenvalue weighted by molar-refractivity contribution is -0.114. The lowest BCUT2D eigenvalue weighted by Gasteiger charge is -2.40. The fourth-order valence-corrected chi connectivity index (χ4v) is 2.65. The number of benzene rings is 1. The molecule has 1 aliphatic rings. The minimum Gasteiger partial charge on any atom is -0.387 e. The number of hydrogen-bond donors (Lipinski definition) is 2. The summed E-state index contributed by atoms with van der Waals surface area (Å²) in [4.78, 5) is 10.7. The molecule has 0 aliphatic heterocycles. The molecule has 1 aromatic rings. The predicted octanol–water partition coefficient (Wildman–Crippen LogP) is 3.14. The molecule has 1 amide bonds. The molecule has 2 rings (SSSR count). The van der Waals surface area contributed by atoms with Gasteiger partial charge in [-0.15, -0.1) is 0 Å². The molecule has 0 unspecified atom stereocenters. The standard InChI is InChI=1S/C14H18FNO2.C2H6/c15-12-6-8-14(18,9-7-12)13(16-10-17)11-4-2-1-3-5-11;1-2/h1-5,10,12-13,18H,6-9H2,(H,16,17);1-2H3/t12?,13-,14?;/m0./s1. The fourth-order valence-electron chi connectivity index (χ4n) is 2.65. The van der Waals surface area contributed by atoms with Gasteiger partial charge in [-0.1, -0.05) is 44.2 Å². The maximum Gasteiger partial charge on any atom is 0.207 e. The summed E-state index contributed by atoms with van der Waals surface area (Å²) in [6, 6.07) is 8.85. The van der Waals surface area contributed by atoms with Crippen LogP contribution in [0.5, 0.6) is 0 Å². The number of hydrogen-bond acceptors (Lipinski definition) is 2. The third kappa shape index (κ3) is 4.04. The van der Waals surface area contributed by atoms with Crippen LogP contribution in [0.15, 0.2) is 30.3 Å². The van der Waals surface area contributed by atoms with Gasteiger partial charge in [0.1, 0.15) is 6.17 Å². The zero-order valence-electron chi connectivity index (χ0n) is 12.2. The number of aliphatic hydroxyl groups is 1. The molecule has 0 aromatic heterocycles. The molecule has 0 spiro atoms. The highest BCUT2D eigenvalue weighted by Crippen LogP contribution is 2.39. The second-order valence-electron chi connectivity index (χ2n) is 4.91. The lowest BCUT2D eigenvalue weighted by Crippen LogP contribution is -2.46. The Balaban J connectivity index is 0.000000956. The second kappa shape index (κ2) is 8.00. The monoisotopic (exact) mass is 281 g/mol. The molecule has 0 heterocycles. The maximum absolute atomic E-state index is 13.2. The molecule has 0 radical (unpaired) electrons. The minimum absolute atomic E-state index is 0.348. The van der Waals surface area contributed by atoms with Crippen LogP contribution in [0.25, 0.3) is 0 Å². The molecule has 1 atom stereocenters. The van der Waals surface area contributed by atoms with Crippen molar-refractivity contribution in [2.45, 2.75) is 57.3 Å². The topological polar surface area (TPSA) is 49.3 Å². The molecule has 112 valence electrons. The van der Waals surface area contributed by atoms with Crippen molar-refractivity contribution in [1.82, 2.24) is 5.32 Å². The van der Waals surface area contributed by atoms with Gasteiger partial charge < -0.3 is 10.4 Å². The van der Waals surface area contributed by atoms with E-state index in [1.165, 1.54) is 0 Å². The zero-order valence-corrected chi connectivity index (χ0v) is 12.2. The summed E-state index contributed by atoms with van der Waals surface area (Å²) < 4.78 is 13.2. The van der Waals surface area contributed by atoms with Gasteiger partial charge in [0, 0.05) is 0 Å². The van der Waals surface area contributed by atoms with Gasteiger partial charge >= 0.3 is 0 Å². The van der Waals surface area contributed by atoms with Crippen LogP contribution in [0.1, 0.15) is 51.1 Å². The molecule has 0 bridgehead atoms. The SMILES string of the molecule is CC.O=CN[C@@H](c1ccccc1)C1(O)CCC(F)CC1. The van der Waals surface area contributed by atoms with Crippen molar-refractivity contribution >= 4 is 6.41 Å². The van der Waals surface area contributed by atoms with Gasteiger partial charge in [0.2, 0.25) is 6.41 Å². The molecule has 1 aromatic carbocycles. The van der Waals surface area contributed by atoms with Crippen molar-refractivity contribution in [2.24, 2.45) is 0 Å². The highest BCUT2D eigenvalue weighted by molar-refractivity contribution is 5.48. The lowest BCUT2D eigenvalue weighted by atomic mass is 9.76. The minimum atomic E-state index is -1.05. The average Bonchev–Trinajstić information content (AvgIpc) is 2.51. The Morgan fingerprint density at radius 3 is 2.35 bits per heavy atom. The summed E-state index contributed by atoms with van der Waals surface area (Å²) in [5.41, 5.74) is -0.199. The number of carbonyl (C=O) groups is 1. The molecule has 3 nitrogen and oxygen atoms in total. The normalized spacial score (nSPS) is 26.9. The summed E-state index contributed by atoms with van der Waals surface area (Å²) >= 11 is 0. The van der Waals surface area contributed by atoms with Gasteiger partial charge in [-0.2, -0.15) is 0 Å². The van der Waals surface area contributed by atoms with Gasteiger partial charge in [-0.25, -0.2) is 4.39 Å². The molecule has 1 aliphatic carbocycles. The number of halogens is 1. The largest absolute Gasteiger partial charge is 0.387 e. The van der Waals surface area contributed by atoms with E-state index in [2.05, 4.69) is 5.32 Å². The molecule has 2 N–H and O–H groups in total. The first kappa shape index (κ1) is 16.6. The Morgan fingerprint density at radius 1 is 1.30 bits per heavy atom.